The average Bonchev–Trinajstić information content (AvgIpc) is 2.47. The Balaban J connectivity index is 2.44. The molecule has 0 aromatic heterocycles. The van der Waals surface area contributed by atoms with Crippen molar-refractivity contribution in [2.24, 2.45) is 0 Å². The summed E-state index contributed by atoms with van der Waals surface area (Å²) in [5.74, 6) is -0.186. The van der Waals surface area contributed by atoms with Gasteiger partial charge in [-0.15, -0.1) is 11.6 Å². The van der Waals surface area contributed by atoms with E-state index >= 15 is 0 Å². The van der Waals surface area contributed by atoms with E-state index in [4.69, 9.17) is 16.3 Å². The number of alkyl halides is 1. The lowest BCUT2D eigenvalue weighted by molar-refractivity contribution is -0.128. The quantitative estimate of drug-likeness (QED) is 0.654. The molecule has 1 heterocycles. The highest BCUT2D eigenvalue weighted by molar-refractivity contribution is 6.27. The number of aliphatic hydroxyl groups is 1. The highest BCUT2D eigenvalue weighted by Gasteiger charge is 2.33. The zero-order valence-corrected chi connectivity index (χ0v) is 8.33. The molecule has 1 aliphatic rings. The monoisotopic (exact) mass is 207 g/mol. The summed E-state index contributed by atoms with van der Waals surface area (Å²) in [5.41, 5.74) is 0. The molecular formula is C8H14ClNO3. The first kappa shape index (κ1) is 10.8. The summed E-state index contributed by atoms with van der Waals surface area (Å²) < 4.78 is 5.25. The maximum Gasteiger partial charge on any atom is 0.237 e. The minimum atomic E-state index is -0.577. The van der Waals surface area contributed by atoms with Gasteiger partial charge in [0.2, 0.25) is 5.91 Å². The first-order chi connectivity index (χ1) is 6.19. The number of aliphatic hydroxyl groups excluding tert-OH is 1. The number of β-amino-alcohol motifs (C(OH)–C–C–N with tert-alkyl or cyclic N) is 1. The second kappa shape index (κ2) is 4.79. The van der Waals surface area contributed by atoms with Crippen LogP contribution >= 0.6 is 11.6 Å². The van der Waals surface area contributed by atoms with Gasteiger partial charge in [-0.3, -0.25) is 4.79 Å². The van der Waals surface area contributed by atoms with Crippen molar-refractivity contribution in [1.29, 1.82) is 0 Å². The van der Waals surface area contributed by atoms with Crippen LogP contribution in [0.4, 0.5) is 0 Å². The molecule has 0 bridgehead atoms. The molecular weight excluding hydrogens is 194 g/mol. The van der Waals surface area contributed by atoms with Crippen LogP contribution in [-0.4, -0.2) is 53.7 Å². The Hall–Kier alpha value is -0.320. The molecule has 76 valence electrons. The molecule has 2 atom stereocenters. The number of rotatable bonds is 3. The van der Waals surface area contributed by atoms with Crippen molar-refractivity contribution in [3.8, 4) is 0 Å². The van der Waals surface area contributed by atoms with Gasteiger partial charge in [-0.05, 0) is 6.92 Å². The normalized spacial score (nSPS) is 28.1. The molecule has 4 nitrogen and oxygen atoms in total. The van der Waals surface area contributed by atoms with Crippen molar-refractivity contribution in [3.05, 3.63) is 0 Å². The standard InChI is InChI=1S/C8H14ClNO3/c1-2-13-7-5-10(4-6(7)11)8(12)3-9/h6-7,11H,2-5H2,1H3/t6-,7-/m1/s1. The van der Waals surface area contributed by atoms with Crippen molar-refractivity contribution in [3.63, 3.8) is 0 Å². The molecule has 13 heavy (non-hydrogen) atoms. The number of halogens is 1. The lowest BCUT2D eigenvalue weighted by Crippen LogP contribution is -2.30. The first-order valence-electron chi connectivity index (χ1n) is 4.32. The molecule has 1 amide bonds. The number of carbonyl (C=O) groups excluding carboxylic acids is 1. The number of amides is 1. The number of hydrogen-bond acceptors (Lipinski definition) is 3. The molecule has 0 saturated carbocycles. The molecule has 1 saturated heterocycles. The lowest BCUT2D eigenvalue weighted by atomic mass is 10.3. The second-order valence-corrected chi connectivity index (χ2v) is 3.26. The molecule has 0 aliphatic carbocycles. The van der Waals surface area contributed by atoms with Gasteiger partial charge in [-0.25, -0.2) is 0 Å². The topological polar surface area (TPSA) is 49.8 Å². The predicted molar refractivity (Wildman–Crippen MR) is 48.7 cm³/mol. The third-order valence-electron chi connectivity index (χ3n) is 2.08. The van der Waals surface area contributed by atoms with Gasteiger partial charge in [0.25, 0.3) is 0 Å². The molecule has 0 unspecified atom stereocenters. The van der Waals surface area contributed by atoms with Gasteiger partial charge in [0.05, 0.1) is 6.10 Å². The number of nitrogens with zero attached hydrogens (tertiary/aromatic N) is 1. The van der Waals surface area contributed by atoms with E-state index in [0.29, 0.717) is 19.7 Å². The molecule has 1 aliphatic heterocycles. The van der Waals surface area contributed by atoms with Crippen LogP contribution in [0.1, 0.15) is 6.92 Å². The van der Waals surface area contributed by atoms with Crippen molar-refractivity contribution >= 4 is 17.5 Å². The Labute approximate surface area is 82.4 Å². The van der Waals surface area contributed by atoms with E-state index in [2.05, 4.69) is 0 Å². The number of carbonyl (C=O) groups is 1. The summed E-state index contributed by atoms with van der Waals surface area (Å²) in [6.45, 7) is 3.18. The van der Waals surface area contributed by atoms with Crippen LogP contribution in [0.5, 0.6) is 0 Å². The molecule has 0 spiro atoms. The minimum Gasteiger partial charge on any atom is -0.388 e. The molecule has 0 aromatic rings. The average molecular weight is 208 g/mol. The third kappa shape index (κ3) is 2.56. The van der Waals surface area contributed by atoms with Crippen LogP contribution in [0.2, 0.25) is 0 Å². The Kier molecular flexibility index (Phi) is 3.96. The maximum atomic E-state index is 11.1. The first-order valence-corrected chi connectivity index (χ1v) is 4.86. The van der Waals surface area contributed by atoms with E-state index < -0.39 is 6.10 Å². The van der Waals surface area contributed by atoms with Crippen molar-refractivity contribution in [2.45, 2.75) is 19.1 Å². The van der Waals surface area contributed by atoms with Gasteiger partial charge < -0.3 is 14.7 Å². The SMILES string of the molecule is CCO[C@@H]1CN(C(=O)CCl)C[C@H]1O. The van der Waals surface area contributed by atoms with E-state index in [1.807, 2.05) is 6.92 Å². The zero-order chi connectivity index (χ0) is 9.84. The van der Waals surface area contributed by atoms with Crippen LogP contribution in [0.3, 0.4) is 0 Å². The van der Waals surface area contributed by atoms with Crippen LogP contribution in [0.25, 0.3) is 0 Å². The summed E-state index contributed by atoms with van der Waals surface area (Å²) in [5, 5.41) is 9.47. The van der Waals surface area contributed by atoms with Crippen molar-refractivity contribution < 1.29 is 14.6 Å². The second-order valence-electron chi connectivity index (χ2n) is 2.99. The Morgan fingerprint density at radius 3 is 2.92 bits per heavy atom. The lowest BCUT2D eigenvalue weighted by Gasteiger charge is -2.14. The van der Waals surface area contributed by atoms with Gasteiger partial charge in [0.15, 0.2) is 0 Å². The van der Waals surface area contributed by atoms with Crippen molar-refractivity contribution in [1.82, 2.24) is 4.90 Å². The smallest absolute Gasteiger partial charge is 0.237 e. The van der Waals surface area contributed by atoms with Gasteiger partial charge >= 0.3 is 0 Å². The highest BCUT2D eigenvalue weighted by Crippen LogP contribution is 2.13. The summed E-state index contributed by atoms with van der Waals surface area (Å²) in [6.07, 6.45) is -0.829. The number of ether oxygens (including phenoxy) is 1. The summed E-state index contributed by atoms with van der Waals surface area (Å²) in [4.78, 5) is 12.7. The van der Waals surface area contributed by atoms with Gasteiger partial charge in [-0.1, -0.05) is 0 Å². The molecule has 1 N–H and O–H groups in total. The summed E-state index contributed by atoms with van der Waals surface area (Å²) in [6, 6.07) is 0. The molecule has 0 radical (unpaired) electrons. The van der Waals surface area contributed by atoms with Gasteiger partial charge in [0, 0.05) is 19.7 Å². The highest BCUT2D eigenvalue weighted by atomic mass is 35.5. The largest absolute Gasteiger partial charge is 0.388 e. The van der Waals surface area contributed by atoms with E-state index in [1.165, 1.54) is 4.90 Å². The molecule has 0 aromatic carbocycles. The van der Waals surface area contributed by atoms with Crippen LogP contribution in [0, 0.1) is 0 Å². The fourth-order valence-corrected chi connectivity index (χ4v) is 1.59. The fraction of sp³-hybridized carbons (Fsp3) is 0.875. The predicted octanol–water partition coefficient (Wildman–Crippen LogP) is -0.167. The van der Waals surface area contributed by atoms with E-state index in [9.17, 15) is 9.90 Å². The maximum absolute atomic E-state index is 11.1. The Bertz CT molecular complexity index is 188. The van der Waals surface area contributed by atoms with Crippen LogP contribution in [-0.2, 0) is 9.53 Å². The fourth-order valence-electron chi connectivity index (χ4n) is 1.42. The zero-order valence-electron chi connectivity index (χ0n) is 7.57. The molecule has 5 heteroatoms. The Morgan fingerprint density at radius 1 is 1.69 bits per heavy atom. The van der Waals surface area contributed by atoms with Crippen LogP contribution < -0.4 is 0 Å². The van der Waals surface area contributed by atoms with E-state index in [0.717, 1.165) is 0 Å². The van der Waals surface area contributed by atoms with Gasteiger partial charge in [-0.2, -0.15) is 0 Å². The third-order valence-corrected chi connectivity index (χ3v) is 2.31. The van der Waals surface area contributed by atoms with Crippen LogP contribution in [0.15, 0.2) is 0 Å². The molecule has 1 rings (SSSR count). The molecule has 1 fully saturated rings. The van der Waals surface area contributed by atoms with Gasteiger partial charge in [0.1, 0.15) is 12.0 Å². The summed E-state index contributed by atoms with van der Waals surface area (Å²) in [7, 11) is 0. The van der Waals surface area contributed by atoms with E-state index in [1.54, 1.807) is 0 Å². The summed E-state index contributed by atoms with van der Waals surface area (Å²) >= 11 is 5.39. The Morgan fingerprint density at radius 2 is 2.38 bits per heavy atom. The number of hydrogen-bond donors (Lipinski definition) is 1. The van der Waals surface area contributed by atoms with Crippen molar-refractivity contribution in [2.75, 3.05) is 25.6 Å². The van der Waals surface area contributed by atoms with E-state index in [-0.39, 0.29) is 17.9 Å². The minimum absolute atomic E-state index is 0.0361. The number of likely N-dealkylation sites (tertiary alicyclic amines) is 1.